The molecule has 0 fully saturated rings. The van der Waals surface area contributed by atoms with Crippen LogP contribution in [0.5, 0.6) is 0 Å². The molecule has 0 aliphatic heterocycles. The fourth-order valence-electron chi connectivity index (χ4n) is 1.35. The highest BCUT2D eigenvalue weighted by Gasteiger charge is 2.19. The maximum Gasteiger partial charge on any atom is 0.309 e. The van der Waals surface area contributed by atoms with Crippen molar-refractivity contribution in [1.29, 1.82) is 0 Å². The first-order chi connectivity index (χ1) is 7.04. The van der Waals surface area contributed by atoms with E-state index < -0.39 is 5.97 Å². The number of carboxylic acid groups (broad SMARTS) is 1. The van der Waals surface area contributed by atoms with Crippen molar-refractivity contribution in [3.8, 4) is 0 Å². The van der Waals surface area contributed by atoms with Crippen LogP contribution in [0.3, 0.4) is 0 Å². The summed E-state index contributed by atoms with van der Waals surface area (Å²) in [4.78, 5) is 14.7. The minimum absolute atomic E-state index is 0.0228. The zero-order valence-corrected chi connectivity index (χ0v) is 9.87. The molecular formula is C10H15NO3S. The number of carbonyl (C=O) groups is 1. The number of rotatable bonds is 5. The zero-order valence-electron chi connectivity index (χ0n) is 9.06. The largest absolute Gasteiger partial charge is 0.481 e. The van der Waals surface area contributed by atoms with Gasteiger partial charge in [0.1, 0.15) is 11.1 Å². The van der Waals surface area contributed by atoms with Crippen LogP contribution in [0.2, 0.25) is 0 Å². The van der Waals surface area contributed by atoms with Crippen LogP contribution >= 0.6 is 11.3 Å². The van der Waals surface area contributed by atoms with Gasteiger partial charge in [-0.3, -0.25) is 4.79 Å². The van der Waals surface area contributed by atoms with E-state index in [4.69, 9.17) is 9.84 Å². The van der Waals surface area contributed by atoms with Crippen LogP contribution in [0.15, 0.2) is 5.38 Å². The first kappa shape index (κ1) is 12.1. The lowest BCUT2D eigenvalue weighted by Crippen LogP contribution is -2.09. The van der Waals surface area contributed by atoms with Crippen LogP contribution < -0.4 is 0 Å². The third-order valence-electron chi connectivity index (χ3n) is 2.00. The third kappa shape index (κ3) is 3.28. The molecule has 0 spiro atoms. The number of methoxy groups -OCH3 is 1. The molecule has 1 heterocycles. The van der Waals surface area contributed by atoms with E-state index in [2.05, 4.69) is 4.98 Å². The number of ether oxygens (including phenoxy) is 1. The normalized spacial score (nSPS) is 13.1. The summed E-state index contributed by atoms with van der Waals surface area (Å²) in [6.45, 7) is 4.10. The molecule has 4 nitrogen and oxygen atoms in total. The molecule has 0 bridgehead atoms. The van der Waals surface area contributed by atoms with Gasteiger partial charge >= 0.3 is 5.97 Å². The lowest BCUT2D eigenvalue weighted by atomic mass is 10.1. The summed E-state index contributed by atoms with van der Waals surface area (Å²) >= 11 is 1.45. The van der Waals surface area contributed by atoms with E-state index in [1.165, 1.54) is 11.3 Å². The van der Waals surface area contributed by atoms with Gasteiger partial charge in [-0.2, -0.15) is 0 Å². The standard InChI is InChI=1S/C10H15NO3S/c1-6(2)9(14-3)10-11-7(5-15-10)4-8(12)13/h5-6,9H,4H2,1-3H3,(H,12,13). The second kappa shape index (κ2) is 5.23. The Morgan fingerprint density at radius 3 is 2.80 bits per heavy atom. The van der Waals surface area contributed by atoms with Crippen molar-refractivity contribution in [2.75, 3.05) is 7.11 Å². The molecule has 5 heteroatoms. The van der Waals surface area contributed by atoms with Gasteiger partial charge in [0.2, 0.25) is 0 Å². The van der Waals surface area contributed by atoms with Crippen molar-refractivity contribution < 1.29 is 14.6 Å². The van der Waals surface area contributed by atoms with Gasteiger partial charge in [0.25, 0.3) is 0 Å². The highest BCUT2D eigenvalue weighted by atomic mass is 32.1. The number of aromatic nitrogens is 1. The van der Waals surface area contributed by atoms with E-state index >= 15 is 0 Å². The van der Waals surface area contributed by atoms with Gasteiger partial charge in [-0.25, -0.2) is 4.98 Å². The number of nitrogens with zero attached hydrogens (tertiary/aromatic N) is 1. The molecule has 0 aliphatic carbocycles. The molecule has 1 atom stereocenters. The monoisotopic (exact) mass is 229 g/mol. The topological polar surface area (TPSA) is 59.4 Å². The van der Waals surface area contributed by atoms with Gasteiger partial charge < -0.3 is 9.84 Å². The van der Waals surface area contributed by atoms with Crippen LogP contribution in [0.4, 0.5) is 0 Å². The van der Waals surface area contributed by atoms with Gasteiger partial charge in [-0.15, -0.1) is 11.3 Å². The molecule has 0 aromatic carbocycles. The van der Waals surface area contributed by atoms with Crippen molar-refractivity contribution in [3.05, 3.63) is 16.1 Å². The maximum absolute atomic E-state index is 10.5. The van der Waals surface area contributed by atoms with Crippen LogP contribution in [0.25, 0.3) is 0 Å². The van der Waals surface area contributed by atoms with Crippen molar-refractivity contribution in [1.82, 2.24) is 4.98 Å². The van der Waals surface area contributed by atoms with E-state index in [1.807, 2.05) is 13.8 Å². The first-order valence-corrected chi connectivity index (χ1v) is 5.61. The minimum Gasteiger partial charge on any atom is -0.481 e. The quantitative estimate of drug-likeness (QED) is 0.840. The fourth-order valence-corrected chi connectivity index (χ4v) is 2.41. The molecule has 1 N–H and O–H groups in total. The minimum atomic E-state index is -0.856. The Balaban J connectivity index is 2.77. The molecule has 84 valence electrons. The Hall–Kier alpha value is -0.940. The summed E-state index contributed by atoms with van der Waals surface area (Å²) in [6.07, 6.45) is -0.0667. The smallest absolute Gasteiger partial charge is 0.309 e. The van der Waals surface area contributed by atoms with E-state index in [1.54, 1.807) is 12.5 Å². The third-order valence-corrected chi connectivity index (χ3v) is 2.96. The predicted octanol–water partition coefficient (Wildman–Crippen LogP) is 2.11. The SMILES string of the molecule is COC(c1nc(CC(=O)O)cs1)C(C)C. The highest BCUT2D eigenvalue weighted by Crippen LogP contribution is 2.27. The van der Waals surface area contributed by atoms with Crippen LogP contribution in [-0.4, -0.2) is 23.2 Å². The van der Waals surface area contributed by atoms with Crippen molar-refractivity contribution in [2.24, 2.45) is 5.92 Å². The molecular weight excluding hydrogens is 214 g/mol. The Morgan fingerprint density at radius 2 is 2.33 bits per heavy atom. The summed E-state index contributed by atoms with van der Waals surface area (Å²) in [7, 11) is 1.64. The molecule has 1 aromatic rings. The second-order valence-corrected chi connectivity index (χ2v) is 4.54. The highest BCUT2D eigenvalue weighted by molar-refractivity contribution is 7.09. The average molecular weight is 229 g/mol. The van der Waals surface area contributed by atoms with Gasteiger partial charge in [-0.05, 0) is 5.92 Å². The summed E-state index contributed by atoms with van der Waals surface area (Å²) < 4.78 is 5.32. The molecule has 0 amide bonds. The number of carboxylic acids is 1. The summed E-state index contributed by atoms with van der Waals surface area (Å²) in [6, 6.07) is 0. The average Bonchev–Trinajstić information content (AvgIpc) is 2.52. The number of aliphatic carboxylic acids is 1. The van der Waals surface area contributed by atoms with Crippen molar-refractivity contribution in [2.45, 2.75) is 26.4 Å². The summed E-state index contributed by atoms with van der Waals surface area (Å²) in [5.74, 6) is -0.524. The first-order valence-electron chi connectivity index (χ1n) is 4.73. The van der Waals surface area contributed by atoms with E-state index in [0.29, 0.717) is 11.6 Å². The van der Waals surface area contributed by atoms with E-state index in [9.17, 15) is 4.79 Å². The molecule has 15 heavy (non-hydrogen) atoms. The summed E-state index contributed by atoms with van der Waals surface area (Å²) in [5.41, 5.74) is 0.602. The number of thiazole rings is 1. The molecule has 1 unspecified atom stereocenters. The van der Waals surface area contributed by atoms with Gasteiger partial charge in [0.15, 0.2) is 0 Å². The molecule has 0 saturated carbocycles. The van der Waals surface area contributed by atoms with Crippen molar-refractivity contribution in [3.63, 3.8) is 0 Å². The Bertz CT molecular complexity index is 335. The molecule has 1 rings (SSSR count). The van der Waals surface area contributed by atoms with Gasteiger partial charge in [0.05, 0.1) is 12.1 Å². The zero-order chi connectivity index (χ0) is 11.4. The van der Waals surface area contributed by atoms with Crippen LogP contribution in [0.1, 0.15) is 30.7 Å². The lowest BCUT2D eigenvalue weighted by Gasteiger charge is -2.15. The van der Waals surface area contributed by atoms with Crippen molar-refractivity contribution >= 4 is 17.3 Å². The fraction of sp³-hybridized carbons (Fsp3) is 0.600. The Morgan fingerprint density at radius 1 is 1.67 bits per heavy atom. The molecule has 0 aliphatic rings. The molecule has 0 saturated heterocycles. The number of hydrogen-bond acceptors (Lipinski definition) is 4. The number of hydrogen-bond donors (Lipinski definition) is 1. The van der Waals surface area contributed by atoms with E-state index in [0.717, 1.165) is 5.01 Å². The second-order valence-electron chi connectivity index (χ2n) is 3.65. The lowest BCUT2D eigenvalue weighted by molar-refractivity contribution is -0.136. The Labute approximate surface area is 92.9 Å². The molecule has 1 aromatic heterocycles. The summed E-state index contributed by atoms with van der Waals surface area (Å²) in [5, 5.41) is 11.2. The van der Waals surface area contributed by atoms with Gasteiger partial charge in [0, 0.05) is 12.5 Å². The Kier molecular flexibility index (Phi) is 4.23. The van der Waals surface area contributed by atoms with Crippen LogP contribution in [-0.2, 0) is 16.0 Å². The maximum atomic E-state index is 10.5. The molecule has 0 radical (unpaired) electrons. The predicted molar refractivity (Wildman–Crippen MR) is 58.0 cm³/mol. The van der Waals surface area contributed by atoms with E-state index in [-0.39, 0.29) is 12.5 Å². The van der Waals surface area contributed by atoms with Gasteiger partial charge in [-0.1, -0.05) is 13.8 Å². The van der Waals surface area contributed by atoms with Crippen LogP contribution in [0, 0.1) is 5.92 Å².